The summed E-state index contributed by atoms with van der Waals surface area (Å²) in [5.41, 5.74) is 6.04. The third kappa shape index (κ3) is 4.50. The first-order valence-electron chi connectivity index (χ1n) is 5.94. The van der Waals surface area contributed by atoms with Gasteiger partial charge in [-0.25, -0.2) is 4.79 Å². The summed E-state index contributed by atoms with van der Waals surface area (Å²) in [6.45, 7) is 2.20. The van der Waals surface area contributed by atoms with E-state index in [0.29, 0.717) is 18.0 Å². The molecule has 0 fully saturated rings. The molecule has 1 atom stereocenters. The van der Waals surface area contributed by atoms with Crippen molar-refractivity contribution in [1.82, 2.24) is 4.90 Å². The number of amides is 2. The molecule has 6 heteroatoms. The van der Waals surface area contributed by atoms with Crippen molar-refractivity contribution in [2.45, 2.75) is 6.92 Å². The number of amidine groups is 1. The van der Waals surface area contributed by atoms with E-state index in [9.17, 15) is 4.79 Å². The van der Waals surface area contributed by atoms with Crippen molar-refractivity contribution in [3.05, 3.63) is 24.3 Å². The van der Waals surface area contributed by atoms with Crippen molar-refractivity contribution in [2.75, 3.05) is 26.0 Å². The Hall–Kier alpha value is -2.24. The Kier molecular flexibility index (Phi) is 5.17. The molecule has 0 bridgehead atoms. The molecule has 0 aliphatic rings. The summed E-state index contributed by atoms with van der Waals surface area (Å²) in [6, 6.07) is 6.87. The van der Waals surface area contributed by atoms with Crippen LogP contribution in [0.1, 0.15) is 6.92 Å². The van der Waals surface area contributed by atoms with Crippen LogP contribution in [0.15, 0.2) is 24.3 Å². The molecule has 1 aromatic rings. The highest BCUT2D eigenvalue weighted by Gasteiger charge is 2.14. The molecule has 6 nitrogen and oxygen atoms in total. The molecule has 104 valence electrons. The van der Waals surface area contributed by atoms with Gasteiger partial charge in [-0.2, -0.15) is 0 Å². The molecule has 2 amide bonds. The number of ether oxygens (including phenoxy) is 1. The number of rotatable bonds is 5. The van der Waals surface area contributed by atoms with Crippen LogP contribution in [0.3, 0.4) is 0 Å². The van der Waals surface area contributed by atoms with Crippen LogP contribution in [0.2, 0.25) is 0 Å². The number of hydrogen-bond acceptors (Lipinski definition) is 3. The second kappa shape index (κ2) is 6.63. The van der Waals surface area contributed by atoms with Gasteiger partial charge in [0.1, 0.15) is 5.75 Å². The van der Waals surface area contributed by atoms with Crippen molar-refractivity contribution >= 4 is 17.6 Å². The summed E-state index contributed by atoms with van der Waals surface area (Å²) in [5, 5.41) is 10.1. The van der Waals surface area contributed by atoms with Crippen LogP contribution < -0.4 is 15.8 Å². The number of nitrogens with one attached hydrogen (secondary N) is 2. The van der Waals surface area contributed by atoms with E-state index in [1.807, 2.05) is 0 Å². The minimum absolute atomic E-state index is 0.0704. The van der Waals surface area contributed by atoms with E-state index >= 15 is 0 Å². The topological polar surface area (TPSA) is 91.4 Å². The van der Waals surface area contributed by atoms with Gasteiger partial charge in [0.15, 0.2) is 0 Å². The lowest BCUT2D eigenvalue weighted by atomic mass is 10.1. The van der Waals surface area contributed by atoms with E-state index in [0.717, 1.165) is 0 Å². The lowest BCUT2D eigenvalue weighted by Gasteiger charge is -2.21. The minimum atomic E-state index is -0.249. The highest BCUT2D eigenvalue weighted by atomic mass is 16.5. The SMILES string of the molecule is COc1cccc(NC(=O)N(C)CC(C)C(=N)N)c1. The lowest BCUT2D eigenvalue weighted by Crippen LogP contribution is -2.38. The van der Waals surface area contributed by atoms with Crippen LogP contribution in [-0.2, 0) is 0 Å². The summed E-state index contributed by atoms with van der Waals surface area (Å²) in [7, 11) is 3.23. The molecule has 0 aliphatic carbocycles. The molecule has 1 rings (SSSR count). The lowest BCUT2D eigenvalue weighted by molar-refractivity contribution is 0.220. The number of carbonyl (C=O) groups excluding carboxylic acids is 1. The fourth-order valence-electron chi connectivity index (χ4n) is 1.51. The summed E-state index contributed by atoms with van der Waals surface area (Å²) in [6.07, 6.45) is 0. The molecule has 0 heterocycles. The molecular formula is C13H20N4O2. The Balaban J connectivity index is 2.60. The Morgan fingerprint density at radius 2 is 2.26 bits per heavy atom. The molecule has 0 radical (unpaired) electrons. The maximum atomic E-state index is 11.9. The van der Waals surface area contributed by atoms with Gasteiger partial charge in [0, 0.05) is 31.3 Å². The molecule has 0 spiro atoms. The highest BCUT2D eigenvalue weighted by Crippen LogP contribution is 2.17. The number of anilines is 1. The first-order chi connectivity index (χ1) is 8.93. The van der Waals surface area contributed by atoms with Gasteiger partial charge in [0.25, 0.3) is 0 Å². The van der Waals surface area contributed by atoms with E-state index < -0.39 is 0 Å². The summed E-state index contributed by atoms with van der Waals surface area (Å²) < 4.78 is 5.08. The van der Waals surface area contributed by atoms with Crippen LogP contribution >= 0.6 is 0 Å². The van der Waals surface area contributed by atoms with E-state index in [1.165, 1.54) is 4.90 Å². The van der Waals surface area contributed by atoms with Gasteiger partial charge in [-0.3, -0.25) is 5.41 Å². The summed E-state index contributed by atoms with van der Waals surface area (Å²) in [5.74, 6) is 0.583. The third-order valence-corrected chi connectivity index (χ3v) is 2.75. The molecule has 1 unspecified atom stereocenters. The highest BCUT2D eigenvalue weighted by molar-refractivity contribution is 5.90. The van der Waals surface area contributed by atoms with Crippen molar-refractivity contribution in [2.24, 2.45) is 11.7 Å². The smallest absolute Gasteiger partial charge is 0.321 e. The third-order valence-electron chi connectivity index (χ3n) is 2.75. The average Bonchev–Trinajstić information content (AvgIpc) is 2.38. The number of methoxy groups -OCH3 is 1. The van der Waals surface area contributed by atoms with Crippen molar-refractivity contribution in [3.63, 3.8) is 0 Å². The molecule has 1 aromatic carbocycles. The zero-order chi connectivity index (χ0) is 14.4. The molecule has 0 aromatic heterocycles. The van der Waals surface area contributed by atoms with E-state index in [1.54, 1.807) is 45.3 Å². The second-order valence-corrected chi connectivity index (χ2v) is 4.40. The number of nitrogens with zero attached hydrogens (tertiary/aromatic N) is 1. The van der Waals surface area contributed by atoms with Crippen LogP contribution in [0, 0.1) is 11.3 Å². The van der Waals surface area contributed by atoms with Gasteiger partial charge in [-0.1, -0.05) is 13.0 Å². The Morgan fingerprint density at radius 3 is 2.84 bits per heavy atom. The van der Waals surface area contributed by atoms with Crippen LogP contribution in [-0.4, -0.2) is 37.5 Å². The molecule has 0 aliphatic heterocycles. The molecular weight excluding hydrogens is 244 g/mol. The van der Waals surface area contributed by atoms with Crippen molar-refractivity contribution < 1.29 is 9.53 Å². The van der Waals surface area contributed by atoms with Crippen molar-refractivity contribution in [1.29, 1.82) is 5.41 Å². The summed E-state index contributed by atoms with van der Waals surface area (Å²) >= 11 is 0. The van der Waals surface area contributed by atoms with Crippen molar-refractivity contribution in [3.8, 4) is 5.75 Å². The largest absolute Gasteiger partial charge is 0.497 e. The predicted molar refractivity (Wildman–Crippen MR) is 75.7 cm³/mol. The van der Waals surface area contributed by atoms with E-state index in [4.69, 9.17) is 15.9 Å². The van der Waals surface area contributed by atoms with E-state index in [2.05, 4.69) is 5.32 Å². The monoisotopic (exact) mass is 264 g/mol. The fourth-order valence-corrected chi connectivity index (χ4v) is 1.51. The zero-order valence-corrected chi connectivity index (χ0v) is 11.4. The maximum absolute atomic E-state index is 11.9. The Bertz CT molecular complexity index is 462. The summed E-state index contributed by atoms with van der Waals surface area (Å²) in [4.78, 5) is 13.4. The van der Waals surface area contributed by atoms with Gasteiger partial charge < -0.3 is 20.7 Å². The van der Waals surface area contributed by atoms with Gasteiger partial charge in [-0.15, -0.1) is 0 Å². The number of urea groups is 1. The normalized spacial score (nSPS) is 11.5. The van der Waals surface area contributed by atoms with Gasteiger partial charge in [0.2, 0.25) is 0 Å². The molecule has 0 saturated carbocycles. The van der Waals surface area contributed by atoms with Crippen LogP contribution in [0.25, 0.3) is 0 Å². The quantitative estimate of drug-likeness (QED) is 0.558. The van der Waals surface area contributed by atoms with E-state index in [-0.39, 0.29) is 17.8 Å². The predicted octanol–water partition coefficient (Wildman–Crippen LogP) is 1.73. The Morgan fingerprint density at radius 1 is 1.58 bits per heavy atom. The van der Waals surface area contributed by atoms with Gasteiger partial charge in [0.05, 0.1) is 12.9 Å². The standard InChI is InChI=1S/C13H20N4O2/c1-9(12(14)15)8-17(2)13(18)16-10-5-4-6-11(7-10)19-3/h4-7,9H,8H2,1-3H3,(H3,14,15)(H,16,18). The molecule has 0 saturated heterocycles. The average molecular weight is 264 g/mol. The number of hydrogen-bond donors (Lipinski definition) is 3. The Labute approximate surface area is 113 Å². The van der Waals surface area contributed by atoms with Crippen LogP contribution in [0.4, 0.5) is 10.5 Å². The zero-order valence-electron chi connectivity index (χ0n) is 11.4. The fraction of sp³-hybridized carbons (Fsp3) is 0.385. The number of benzene rings is 1. The van der Waals surface area contributed by atoms with Gasteiger partial charge in [-0.05, 0) is 12.1 Å². The number of nitrogens with two attached hydrogens (primary N) is 1. The molecule has 4 N–H and O–H groups in total. The minimum Gasteiger partial charge on any atom is -0.497 e. The van der Waals surface area contributed by atoms with Crippen LogP contribution in [0.5, 0.6) is 5.75 Å². The van der Waals surface area contributed by atoms with Gasteiger partial charge >= 0.3 is 6.03 Å². The molecule has 19 heavy (non-hydrogen) atoms. The second-order valence-electron chi connectivity index (χ2n) is 4.40. The first-order valence-corrected chi connectivity index (χ1v) is 5.94. The maximum Gasteiger partial charge on any atom is 0.321 e. The first kappa shape index (κ1) is 14.8. The number of carbonyl (C=O) groups is 1.